The molecule has 0 aliphatic rings. The highest BCUT2D eigenvalue weighted by Gasteiger charge is 2.09. The lowest BCUT2D eigenvalue weighted by atomic mass is 10.1. The normalized spacial score (nSPS) is 12.1. The first-order valence-corrected chi connectivity index (χ1v) is 3.94. The molecule has 0 saturated carbocycles. The zero-order valence-electron chi connectivity index (χ0n) is 6.97. The molecule has 0 rings (SSSR count). The molecule has 2 N–H and O–H groups in total. The Bertz CT molecular complexity index is 157. The first-order chi connectivity index (χ1) is 5.22. The standard InChI is InChI=1S/C9H15NO/c1-3-5-6-7-9(11)8(10)4-2/h1,8H,4-7,10H2,2H3. The number of carbonyl (C=O) groups is 1. The second-order valence-corrected chi connectivity index (χ2v) is 2.54. The van der Waals surface area contributed by atoms with E-state index in [2.05, 4.69) is 5.92 Å². The maximum Gasteiger partial charge on any atom is 0.149 e. The lowest BCUT2D eigenvalue weighted by Crippen LogP contribution is -2.29. The maximum atomic E-state index is 11.1. The van der Waals surface area contributed by atoms with Crippen LogP contribution in [0.2, 0.25) is 0 Å². The Morgan fingerprint density at radius 2 is 2.36 bits per heavy atom. The summed E-state index contributed by atoms with van der Waals surface area (Å²) in [5.74, 6) is 2.61. The Hall–Kier alpha value is -0.810. The highest BCUT2D eigenvalue weighted by atomic mass is 16.1. The molecular weight excluding hydrogens is 138 g/mol. The number of terminal acetylenes is 1. The fraction of sp³-hybridized carbons (Fsp3) is 0.667. The number of hydrogen-bond acceptors (Lipinski definition) is 2. The van der Waals surface area contributed by atoms with Crippen molar-refractivity contribution < 1.29 is 4.79 Å². The van der Waals surface area contributed by atoms with E-state index in [0.29, 0.717) is 12.8 Å². The Kier molecular flexibility index (Phi) is 5.50. The van der Waals surface area contributed by atoms with Gasteiger partial charge in [0.1, 0.15) is 5.78 Å². The summed E-state index contributed by atoms with van der Waals surface area (Å²) in [6.07, 6.45) is 7.71. The van der Waals surface area contributed by atoms with Crippen LogP contribution >= 0.6 is 0 Å². The third-order valence-corrected chi connectivity index (χ3v) is 1.60. The van der Waals surface area contributed by atoms with Crippen LogP contribution in [0.5, 0.6) is 0 Å². The summed E-state index contributed by atoms with van der Waals surface area (Å²) in [6, 6.07) is -0.284. The predicted octanol–water partition coefficient (Wildman–Crippen LogP) is 1.10. The van der Waals surface area contributed by atoms with Crippen molar-refractivity contribution in [3.05, 3.63) is 0 Å². The molecule has 0 saturated heterocycles. The molecule has 0 fully saturated rings. The number of unbranched alkanes of at least 4 members (excludes halogenated alkanes) is 1. The number of nitrogens with two attached hydrogens (primary N) is 1. The molecule has 1 unspecified atom stereocenters. The Morgan fingerprint density at radius 1 is 1.73 bits per heavy atom. The van der Waals surface area contributed by atoms with Gasteiger partial charge in [0.05, 0.1) is 6.04 Å². The third-order valence-electron chi connectivity index (χ3n) is 1.60. The van der Waals surface area contributed by atoms with Crippen molar-refractivity contribution in [3.63, 3.8) is 0 Å². The molecule has 0 amide bonds. The molecule has 0 bridgehead atoms. The van der Waals surface area contributed by atoms with Crippen molar-refractivity contribution >= 4 is 5.78 Å². The van der Waals surface area contributed by atoms with Gasteiger partial charge in [0, 0.05) is 12.8 Å². The van der Waals surface area contributed by atoms with Crippen LogP contribution < -0.4 is 5.73 Å². The third kappa shape index (κ3) is 4.58. The summed E-state index contributed by atoms with van der Waals surface area (Å²) in [4.78, 5) is 11.1. The molecule has 62 valence electrons. The monoisotopic (exact) mass is 153 g/mol. The molecule has 11 heavy (non-hydrogen) atoms. The molecule has 0 radical (unpaired) electrons. The van der Waals surface area contributed by atoms with Crippen molar-refractivity contribution in [2.75, 3.05) is 0 Å². The zero-order chi connectivity index (χ0) is 8.69. The van der Waals surface area contributed by atoms with Gasteiger partial charge in [0.15, 0.2) is 0 Å². The Labute approximate surface area is 68.2 Å². The summed E-state index contributed by atoms with van der Waals surface area (Å²) in [5.41, 5.74) is 5.50. The van der Waals surface area contributed by atoms with Crippen molar-refractivity contribution in [2.45, 2.75) is 38.6 Å². The van der Waals surface area contributed by atoms with Crippen LogP contribution in [0.25, 0.3) is 0 Å². The molecule has 0 aromatic heterocycles. The van der Waals surface area contributed by atoms with Gasteiger partial charge in [-0.25, -0.2) is 0 Å². The van der Waals surface area contributed by atoms with E-state index in [1.165, 1.54) is 0 Å². The molecule has 1 atom stereocenters. The SMILES string of the molecule is C#CCCCC(=O)C(N)CC. The fourth-order valence-electron chi connectivity index (χ4n) is 0.778. The van der Waals surface area contributed by atoms with Gasteiger partial charge in [0.25, 0.3) is 0 Å². The number of Topliss-reactive ketones (excluding diaryl/α,β-unsaturated/α-hetero) is 1. The highest BCUT2D eigenvalue weighted by Crippen LogP contribution is 1.99. The molecule has 0 aromatic carbocycles. The van der Waals surface area contributed by atoms with Crippen molar-refractivity contribution in [1.82, 2.24) is 0 Å². The molecule has 0 aromatic rings. The lowest BCUT2D eigenvalue weighted by Gasteiger charge is -2.05. The van der Waals surface area contributed by atoms with Crippen LogP contribution in [0.3, 0.4) is 0 Å². The summed E-state index contributed by atoms with van der Waals surface area (Å²) < 4.78 is 0. The van der Waals surface area contributed by atoms with Gasteiger partial charge in [-0.15, -0.1) is 12.3 Å². The van der Waals surface area contributed by atoms with Gasteiger partial charge in [-0.05, 0) is 12.8 Å². The van der Waals surface area contributed by atoms with Gasteiger partial charge in [-0.2, -0.15) is 0 Å². The van der Waals surface area contributed by atoms with Crippen LogP contribution in [0.4, 0.5) is 0 Å². The predicted molar refractivity (Wildman–Crippen MR) is 46.0 cm³/mol. The second kappa shape index (κ2) is 5.94. The van der Waals surface area contributed by atoms with Crippen LogP contribution in [0.15, 0.2) is 0 Å². The average Bonchev–Trinajstić information content (AvgIpc) is 2.03. The summed E-state index contributed by atoms with van der Waals surface area (Å²) in [5, 5.41) is 0. The van der Waals surface area contributed by atoms with Gasteiger partial charge >= 0.3 is 0 Å². The second-order valence-electron chi connectivity index (χ2n) is 2.54. The highest BCUT2D eigenvalue weighted by molar-refractivity contribution is 5.83. The van der Waals surface area contributed by atoms with Crippen LogP contribution in [0, 0.1) is 12.3 Å². The molecule has 0 aliphatic heterocycles. The van der Waals surface area contributed by atoms with E-state index in [4.69, 9.17) is 12.2 Å². The van der Waals surface area contributed by atoms with E-state index in [-0.39, 0.29) is 11.8 Å². The van der Waals surface area contributed by atoms with E-state index >= 15 is 0 Å². The zero-order valence-corrected chi connectivity index (χ0v) is 6.97. The topological polar surface area (TPSA) is 43.1 Å². The first kappa shape index (κ1) is 10.2. The lowest BCUT2D eigenvalue weighted by molar-refractivity contribution is -0.120. The number of ketones is 1. The van der Waals surface area contributed by atoms with Gasteiger partial charge < -0.3 is 5.73 Å². The van der Waals surface area contributed by atoms with Crippen LogP contribution in [-0.4, -0.2) is 11.8 Å². The van der Waals surface area contributed by atoms with E-state index in [1.54, 1.807) is 0 Å². The molecule has 0 heterocycles. The van der Waals surface area contributed by atoms with E-state index in [0.717, 1.165) is 12.8 Å². The van der Waals surface area contributed by atoms with Gasteiger partial charge in [0.2, 0.25) is 0 Å². The molecular formula is C9H15NO. The van der Waals surface area contributed by atoms with E-state index in [9.17, 15) is 4.79 Å². The molecule has 0 aliphatic carbocycles. The Morgan fingerprint density at radius 3 is 2.82 bits per heavy atom. The van der Waals surface area contributed by atoms with Crippen molar-refractivity contribution in [2.24, 2.45) is 5.73 Å². The van der Waals surface area contributed by atoms with Gasteiger partial charge in [-0.1, -0.05) is 6.92 Å². The molecule has 2 nitrogen and oxygen atoms in total. The van der Waals surface area contributed by atoms with Crippen LogP contribution in [-0.2, 0) is 4.79 Å². The van der Waals surface area contributed by atoms with E-state index < -0.39 is 0 Å². The quantitative estimate of drug-likeness (QED) is 0.474. The fourth-order valence-corrected chi connectivity index (χ4v) is 0.778. The van der Waals surface area contributed by atoms with Crippen molar-refractivity contribution in [1.29, 1.82) is 0 Å². The maximum absolute atomic E-state index is 11.1. The largest absolute Gasteiger partial charge is 0.322 e. The van der Waals surface area contributed by atoms with Crippen LogP contribution in [0.1, 0.15) is 32.6 Å². The summed E-state index contributed by atoms with van der Waals surface area (Å²) >= 11 is 0. The number of carbonyl (C=O) groups excluding carboxylic acids is 1. The van der Waals surface area contributed by atoms with E-state index in [1.807, 2.05) is 6.92 Å². The molecule has 0 spiro atoms. The minimum Gasteiger partial charge on any atom is -0.322 e. The Balaban J connectivity index is 3.46. The summed E-state index contributed by atoms with van der Waals surface area (Å²) in [6.45, 7) is 1.91. The minimum atomic E-state index is -0.284. The minimum absolute atomic E-state index is 0.128. The molecule has 2 heteroatoms. The first-order valence-electron chi connectivity index (χ1n) is 3.94. The van der Waals surface area contributed by atoms with Gasteiger partial charge in [-0.3, -0.25) is 4.79 Å². The van der Waals surface area contributed by atoms with Crippen molar-refractivity contribution in [3.8, 4) is 12.3 Å². The average molecular weight is 153 g/mol. The number of rotatable bonds is 5. The summed E-state index contributed by atoms with van der Waals surface area (Å²) in [7, 11) is 0. The number of hydrogen-bond donors (Lipinski definition) is 1. The smallest absolute Gasteiger partial charge is 0.149 e.